The van der Waals surface area contributed by atoms with Crippen LogP contribution in [0.2, 0.25) is 0 Å². The topological polar surface area (TPSA) is 45.4 Å². The molecular weight excluding hydrogens is 166 g/mol. The first kappa shape index (κ1) is 8.78. The minimum Gasteiger partial charge on any atom is -0.467 e. The first-order valence-electron chi connectivity index (χ1n) is 4.81. The molecule has 0 aliphatic carbocycles. The van der Waals surface area contributed by atoms with E-state index < -0.39 is 6.10 Å². The van der Waals surface area contributed by atoms with Gasteiger partial charge in [0, 0.05) is 6.04 Å². The first-order chi connectivity index (χ1) is 6.36. The van der Waals surface area contributed by atoms with E-state index in [9.17, 15) is 5.11 Å². The van der Waals surface area contributed by atoms with Gasteiger partial charge in [0.15, 0.2) is 0 Å². The van der Waals surface area contributed by atoms with Gasteiger partial charge in [-0.2, -0.15) is 0 Å². The van der Waals surface area contributed by atoms with Crippen molar-refractivity contribution in [1.29, 1.82) is 0 Å². The van der Waals surface area contributed by atoms with Crippen LogP contribution in [-0.4, -0.2) is 17.7 Å². The zero-order valence-electron chi connectivity index (χ0n) is 7.57. The predicted octanol–water partition coefficient (Wildman–Crippen LogP) is 1.46. The Morgan fingerprint density at radius 3 is 3.23 bits per heavy atom. The van der Waals surface area contributed by atoms with E-state index in [0.29, 0.717) is 11.8 Å². The second-order valence-electron chi connectivity index (χ2n) is 3.56. The molecule has 2 unspecified atom stereocenters. The molecule has 1 saturated heterocycles. The van der Waals surface area contributed by atoms with Crippen molar-refractivity contribution < 1.29 is 9.52 Å². The van der Waals surface area contributed by atoms with Crippen molar-refractivity contribution in [3.05, 3.63) is 24.2 Å². The molecule has 0 saturated carbocycles. The molecule has 2 heterocycles. The fourth-order valence-electron chi connectivity index (χ4n) is 1.82. The molecule has 1 aromatic heterocycles. The van der Waals surface area contributed by atoms with E-state index in [1.807, 2.05) is 6.07 Å². The Labute approximate surface area is 77.8 Å². The Balaban J connectivity index is 1.87. The van der Waals surface area contributed by atoms with Crippen LogP contribution < -0.4 is 5.32 Å². The highest BCUT2D eigenvalue weighted by Crippen LogP contribution is 2.21. The third-order valence-corrected chi connectivity index (χ3v) is 2.54. The lowest BCUT2D eigenvalue weighted by Gasteiger charge is -2.13. The first-order valence-corrected chi connectivity index (χ1v) is 4.81. The van der Waals surface area contributed by atoms with Gasteiger partial charge in [-0.1, -0.05) is 0 Å². The average Bonchev–Trinajstić information content (AvgIpc) is 2.74. The van der Waals surface area contributed by atoms with Crippen LogP contribution in [0, 0.1) is 0 Å². The van der Waals surface area contributed by atoms with Gasteiger partial charge in [0.25, 0.3) is 0 Å². The molecule has 0 spiro atoms. The highest BCUT2D eigenvalue weighted by molar-refractivity contribution is 5.02. The van der Waals surface area contributed by atoms with E-state index >= 15 is 0 Å². The van der Waals surface area contributed by atoms with Crippen molar-refractivity contribution in [3.8, 4) is 0 Å². The SMILES string of the molecule is OC(CC1CCCN1)c1ccco1. The minimum atomic E-state index is -0.453. The molecule has 0 amide bonds. The van der Waals surface area contributed by atoms with Gasteiger partial charge in [0.05, 0.1) is 6.26 Å². The number of rotatable bonds is 3. The third-order valence-electron chi connectivity index (χ3n) is 2.54. The number of aliphatic hydroxyl groups excluding tert-OH is 1. The molecule has 1 aromatic rings. The quantitative estimate of drug-likeness (QED) is 0.742. The smallest absolute Gasteiger partial charge is 0.132 e. The van der Waals surface area contributed by atoms with E-state index in [1.54, 1.807) is 12.3 Å². The van der Waals surface area contributed by atoms with Crippen molar-refractivity contribution in [2.45, 2.75) is 31.4 Å². The van der Waals surface area contributed by atoms with Crippen molar-refractivity contribution in [2.75, 3.05) is 6.54 Å². The van der Waals surface area contributed by atoms with Gasteiger partial charge in [-0.05, 0) is 37.9 Å². The molecule has 3 heteroatoms. The number of furan rings is 1. The largest absolute Gasteiger partial charge is 0.467 e. The summed E-state index contributed by atoms with van der Waals surface area (Å²) in [6.07, 6.45) is 4.28. The zero-order valence-corrected chi connectivity index (χ0v) is 7.57. The van der Waals surface area contributed by atoms with Crippen LogP contribution in [-0.2, 0) is 0 Å². The molecule has 1 aliphatic rings. The Morgan fingerprint density at radius 1 is 1.69 bits per heavy atom. The molecule has 1 aliphatic heterocycles. The van der Waals surface area contributed by atoms with Gasteiger partial charge < -0.3 is 14.8 Å². The summed E-state index contributed by atoms with van der Waals surface area (Å²) >= 11 is 0. The summed E-state index contributed by atoms with van der Waals surface area (Å²) in [5.41, 5.74) is 0. The Hall–Kier alpha value is -0.800. The Bertz CT molecular complexity index is 239. The van der Waals surface area contributed by atoms with Crippen molar-refractivity contribution >= 4 is 0 Å². The molecule has 2 atom stereocenters. The van der Waals surface area contributed by atoms with Gasteiger partial charge in [-0.15, -0.1) is 0 Å². The maximum Gasteiger partial charge on any atom is 0.132 e. The molecule has 13 heavy (non-hydrogen) atoms. The highest BCUT2D eigenvalue weighted by Gasteiger charge is 2.20. The lowest BCUT2D eigenvalue weighted by Crippen LogP contribution is -2.23. The van der Waals surface area contributed by atoms with E-state index in [2.05, 4.69) is 5.32 Å². The molecular formula is C10H15NO2. The van der Waals surface area contributed by atoms with E-state index in [1.165, 1.54) is 6.42 Å². The van der Waals surface area contributed by atoms with Crippen molar-refractivity contribution in [3.63, 3.8) is 0 Å². The standard InChI is InChI=1S/C10H15NO2/c12-9(10-4-2-6-13-10)7-8-3-1-5-11-8/h2,4,6,8-9,11-12H,1,3,5,7H2. The minimum absolute atomic E-state index is 0.453. The lowest BCUT2D eigenvalue weighted by atomic mass is 10.1. The Morgan fingerprint density at radius 2 is 2.62 bits per heavy atom. The summed E-state index contributed by atoms with van der Waals surface area (Å²) in [6.45, 7) is 1.08. The van der Waals surface area contributed by atoms with E-state index in [0.717, 1.165) is 19.4 Å². The number of nitrogens with one attached hydrogen (secondary N) is 1. The van der Waals surface area contributed by atoms with Crippen molar-refractivity contribution in [1.82, 2.24) is 5.32 Å². The summed E-state index contributed by atoms with van der Waals surface area (Å²) in [6, 6.07) is 4.08. The van der Waals surface area contributed by atoms with Crippen LogP contribution in [0.1, 0.15) is 31.1 Å². The molecule has 0 radical (unpaired) electrons. The molecule has 2 N–H and O–H groups in total. The van der Waals surface area contributed by atoms with Crippen LogP contribution in [0.5, 0.6) is 0 Å². The summed E-state index contributed by atoms with van der Waals surface area (Å²) in [5.74, 6) is 0.675. The van der Waals surface area contributed by atoms with E-state index in [4.69, 9.17) is 4.42 Å². The molecule has 1 fully saturated rings. The maximum absolute atomic E-state index is 9.74. The highest BCUT2D eigenvalue weighted by atomic mass is 16.4. The van der Waals surface area contributed by atoms with Crippen LogP contribution in [0.4, 0.5) is 0 Å². The second-order valence-corrected chi connectivity index (χ2v) is 3.56. The number of hydrogen-bond acceptors (Lipinski definition) is 3. The fraction of sp³-hybridized carbons (Fsp3) is 0.600. The van der Waals surface area contributed by atoms with Crippen molar-refractivity contribution in [2.24, 2.45) is 0 Å². The summed E-state index contributed by atoms with van der Waals surface area (Å²) in [7, 11) is 0. The van der Waals surface area contributed by atoms with Crippen LogP contribution in [0.25, 0.3) is 0 Å². The van der Waals surface area contributed by atoms with Crippen LogP contribution in [0.15, 0.2) is 22.8 Å². The van der Waals surface area contributed by atoms with Crippen LogP contribution in [0.3, 0.4) is 0 Å². The van der Waals surface area contributed by atoms with Gasteiger partial charge in [0.2, 0.25) is 0 Å². The average molecular weight is 181 g/mol. The number of hydrogen-bond donors (Lipinski definition) is 2. The fourth-order valence-corrected chi connectivity index (χ4v) is 1.82. The summed E-state index contributed by atoms with van der Waals surface area (Å²) in [5, 5.41) is 13.1. The second kappa shape index (κ2) is 3.94. The van der Waals surface area contributed by atoms with Crippen LogP contribution >= 0.6 is 0 Å². The number of aliphatic hydroxyl groups is 1. The van der Waals surface area contributed by atoms with Gasteiger partial charge in [-0.3, -0.25) is 0 Å². The van der Waals surface area contributed by atoms with Gasteiger partial charge in [0.1, 0.15) is 11.9 Å². The van der Waals surface area contributed by atoms with Gasteiger partial charge >= 0.3 is 0 Å². The lowest BCUT2D eigenvalue weighted by molar-refractivity contribution is 0.129. The van der Waals surface area contributed by atoms with E-state index in [-0.39, 0.29) is 0 Å². The zero-order chi connectivity index (χ0) is 9.10. The van der Waals surface area contributed by atoms with Gasteiger partial charge in [-0.25, -0.2) is 0 Å². The maximum atomic E-state index is 9.74. The molecule has 3 nitrogen and oxygen atoms in total. The molecule has 72 valence electrons. The summed E-state index contributed by atoms with van der Waals surface area (Å²) in [4.78, 5) is 0. The monoisotopic (exact) mass is 181 g/mol. The summed E-state index contributed by atoms with van der Waals surface area (Å²) < 4.78 is 5.13. The third kappa shape index (κ3) is 2.11. The normalized spacial score (nSPS) is 24.8. The molecule has 2 rings (SSSR count). The Kier molecular flexibility index (Phi) is 2.66. The predicted molar refractivity (Wildman–Crippen MR) is 49.3 cm³/mol. The molecule has 0 bridgehead atoms. The molecule has 0 aromatic carbocycles.